The Hall–Kier alpha value is -2.08. The predicted octanol–water partition coefficient (Wildman–Crippen LogP) is 2.77. The first-order valence-electron chi connectivity index (χ1n) is 7.69. The van der Waals surface area contributed by atoms with Crippen molar-refractivity contribution in [2.75, 3.05) is 16.9 Å². The number of hydrogen-bond donors (Lipinski definition) is 1. The Bertz CT molecular complexity index is 696. The summed E-state index contributed by atoms with van der Waals surface area (Å²) in [6.07, 6.45) is 5.12. The number of carbonyl (C=O) groups excluding carboxylic acids is 1. The molecule has 0 atom stereocenters. The number of piperidine rings is 1. The molecule has 1 fully saturated rings. The fourth-order valence-corrected chi connectivity index (χ4v) is 2.95. The second-order valence-electron chi connectivity index (χ2n) is 6.34. The van der Waals surface area contributed by atoms with Gasteiger partial charge in [-0.3, -0.25) is 14.6 Å². The van der Waals surface area contributed by atoms with Crippen LogP contribution in [-0.4, -0.2) is 23.3 Å². The smallest absolute Gasteiger partial charge is 0.285 e. The van der Waals surface area contributed by atoms with Crippen LogP contribution in [0.5, 0.6) is 0 Å². The van der Waals surface area contributed by atoms with Crippen LogP contribution in [0.3, 0.4) is 0 Å². The third-order valence-corrected chi connectivity index (χ3v) is 4.41. The summed E-state index contributed by atoms with van der Waals surface area (Å²) in [7, 11) is 0. The molecule has 1 amide bonds. The van der Waals surface area contributed by atoms with Crippen LogP contribution in [0.1, 0.15) is 43.5 Å². The number of benzene rings is 1. The van der Waals surface area contributed by atoms with Gasteiger partial charge in [-0.25, -0.2) is 0 Å². The summed E-state index contributed by atoms with van der Waals surface area (Å²) in [5, 5.41) is 9.47. The zero-order valence-electron chi connectivity index (χ0n) is 13.3. The van der Waals surface area contributed by atoms with E-state index >= 15 is 0 Å². The van der Waals surface area contributed by atoms with Crippen LogP contribution in [0.15, 0.2) is 35.0 Å². The van der Waals surface area contributed by atoms with Gasteiger partial charge in [0.2, 0.25) is 5.27 Å². The molecule has 0 unspecified atom stereocenters. The average molecular weight is 336 g/mol. The van der Waals surface area contributed by atoms with Crippen molar-refractivity contribution < 1.29 is 14.1 Å². The van der Waals surface area contributed by atoms with Gasteiger partial charge in [-0.05, 0) is 57.4 Å². The van der Waals surface area contributed by atoms with E-state index in [1.807, 2.05) is 0 Å². The van der Waals surface area contributed by atoms with Crippen LogP contribution in [0.25, 0.3) is 0 Å². The van der Waals surface area contributed by atoms with Crippen molar-refractivity contribution in [1.29, 1.82) is 0 Å². The number of amides is 1. The van der Waals surface area contributed by atoms with Gasteiger partial charge in [0.25, 0.3) is 12.1 Å². The Morgan fingerprint density at radius 2 is 2.09 bits per heavy atom. The molecule has 0 saturated carbocycles. The van der Waals surface area contributed by atoms with E-state index in [9.17, 15) is 4.79 Å². The minimum absolute atomic E-state index is 0.0112. The molecule has 1 aromatic carbocycles. The second-order valence-corrected chi connectivity index (χ2v) is 6.78. The highest BCUT2D eigenvalue weighted by Crippen LogP contribution is 2.23. The molecule has 3 rings (SSSR count). The van der Waals surface area contributed by atoms with Crippen molar-refractivity contribution in [2.45, 2.75) is 38.6 Å². The van der Waals surface area contributed by atoms with E-state index in [2.05, 4.69) is 29.4 Å². The summed E-state index contributed by atoms with van der Waals surface area (Å²) in [5.74, 6) is 0.0502. The van der Waals surface area contributed by atoms with Gasteiger partial charge in [-0.15, -0.1) is 5.01 Å². The van der Waals surface area contributed by atoms with Crippen molar-refractivity contribution in [2.24, 2.45) is 0 Å². The van der Waals surface area contributed by atoms with Gasteiger partial charge in [-0.1, -0.05) is 11.6 Å². The number of hydrogen-bond acceptors (Lipinski definition) is 4. The minimum atomic E-state index is -0.261. The van der Waals surface area contributed by atoms with Crippen LogP contribution in [-0.2, 0) is 0 Å². The summed E-state index contributed by atoms with van der Waals surface area (Å²) in [6.45, 7) is 5.27. The molecule has 2 aromatic rings. The van der Waals surface area contributed by atoms with Crippen LogP contribution >= 0.6 is 11.6 Å². The highest BCUT2D eigenvalue weighted by Gasteiger charge is 2.38. The van der Waals surface area contributed by atoms with Gasteiger partial charge >= 0.3 is 5.88 Å². The van der Waals surface area contributed by atoms with Gasteiger partial charge in [0.15, 0.2) is 0 Å². The lowest BCUT2D eigenvalue weighted by atomic mass is 9.92. The Morgan fingerprint density at radius 3 is 2.78 bits per heavy atom. The Kier molecular flexibility index (Phi) is 4.26. The predicted molar refractivity (Wildman–Crippen MR) is 87.1 cm³/mol. The first-order chi connectivity index (χ1) is 11.0. The number of nitrogens with one attached hydrogen (secondary N) is 1. The first kappa shape index (κ1) is 15.8. The molecular weight excluding hydrogens is 316 g/mol. The molecule has 2 heterocycles. The highest BCUT2D eigenvalue weighted by atomic mass is 35.5. The molecule has 122 valence electrons. The molecule has 1 saturated heterocycles. The summed E-state index contributed by atoms with van der Waals surface area (Å²) < 4.78 is 5.24. The molecule has 0 spiro atoms. The number of aromatic nitrogens is 2. The number of rotatable bonds is 3. The number of halogens is 1. The SMILES string of the molecule is CC1(C)CCCCN1[n+]1cc(NC(=O)c2ccc(Cl)cc2)on1. The maximum Gasteiger partial charge on any atom is 0.306 e. The zero-order chi connectivity index (χ0) is 16.4. The van der Waals surface area contributed by atoms with Crippen LogP contribution in [0.2, 0.25) is 5.02 Å². The zero-order valence-corrected chi connectivity index (χ0v) is 14.0. The van der Waals surface area contributed by atoms with Gasteiger partial charge in [-0.2, -0.15) is 0 Å². The Balaban J connectivity index is 1.72. The Labute approximate surface area is 140 Å². The van der Waals surface area contributed by atoms with Crippen molar-refractivity contribution in [1.82, 2.24) is 5.27 Å². The average Bonchev–Trinajstić information content (AvgIpc) is 2.95. The fourth-order valence-electron chi connectivity index (χ4n) is 2.82. The summed E-state index contributed by atoms with van der Waals surface area (Å²) in [4.78, 5) is 13.9. The molecule has 0 radical (unpaired) electrons. The highest BCUT2D eigenvalue weighted by molar-refractivity contribution is 6.30. The third kappa shape index (κ3) is 3.47. The Morgan fingerprint density at radius 1 is 1.35 bits per heavy atom. The molecule has 0 aliphatic carbocycles. The van der Waals surface area contributed by atoms with Gasteiger partial charge < -0.3 is 0 Å². The molecular formula is C16H20ClN4O2+. The topological polar surface area (TPSA) is 62.2 Å². The van der Waals surface area contributed by atoms with Crippen LogP contribution in [0.4, 0.5) is 5.88 Å². The molecule has 7 heteroatoms. The van der Waals surface area contributed by atoms with Crippen LogP contribution < -0.4 is 15.1 Å². The van der Waals surface area contributed by atoms with E-state index in [0.717, 1.165) is 19.4 Å². The monoisotopic (exact) mass is 335 g/mol. The van der Waals surface area contributed by atoms with Crippen molar-refractivity contribution >= 4 is 23.4 Å². The molecule has 0 bridgehead atoms. The summed E-state index contributed by atoms with van der Waals surface area (Å²) >= 11 is 5.82. The summed E-state index contributed by atoms with van der Waals surface area (Å²) in [6, 6.07) is 6.67. The molecule has 23 heavy (non-hydrogen) atoms. The number of nitrogens with zero attached hydrogens (tertiary/aromatic N) is 3. The first-order valence-corrected chi connectivity index (χ1v) is 8.07. The number of carbonyl (C=O) groups is 1. The lowest BCUT2D eigenvalue weighted by Crippen LogP contribution is -2.69. The van der Waals surface area contributed by atoms with E-state index in [1.165, 1.54) is 6.42 Å². The van der Waals surface area contributed by atoms with E-state index in [-0.39, 0.29) is 11.4 Å². The molecule has 1 N–H and O–H groups in total. The second kappa shape index (κ2) is 6.20. The van der Waals surface area contributed by atoms with Crippen molar-refractivity contribution in [3.8, 4) is 0 Å². The third-order valence-electron chi connectivity index (χ3n) is 4.15. The van der Waals surface area contributed by atoms with E-state index in [4.69, 9.17) is 16.1 Å². The molecule has 1 aromatic heterocycles. The standard InChI is InChI=1S/C16H19ClN4O2/c1-16(2)9-3-4-10-20(16)21-11-14(23-19-21)18-15(22)12-5-7-13(17)8-6-12/h5-8,11H,3-4,9-10H2,1-2H3/p+1. The van der Waals surface area contributed by atoms with E-state index in [1.54, 1.807) is 35.3 Å². The van der Waals surface area contributed by atoms with Crippen LogP contribution in [0, 0.1) is 0 Å². The van der Waals surface area contributed by atoms with E-state index < -0.39 is 0 Å². The van der Waals surface area contributed by atoms with E-state index in [0.29, 0.717) is 16.5 Å². The quantitative estimate of drug-likeness (QED) is 0.876. The number of anilines is 1. The largest absolute Gasteiger partial charge is 0.306 e. The fraction of sp³-hybridized carbons (Fsp3) is 0.438. The molecule has 1 aliphatic rings. The van der Waals surface area contributed by atoms with Gasteiger partial charge in [0.1, 0.15) is 0 Å². The summed E-state index contributed by atoms with van der Waals surface area (Å²) in [5.41, 5.74) is 0.521. The molecule has 1 aliphatic heterocycles. The molecule has 6 nitrogen and oxygen atoms in total. The normalized spacial score (nSPS) is 17.1. The maximum atomic E-state index is 12.2. The van der Waals surface area contributed by atoms with Gasteiger partial charge in [0.05, 0.1) is 16.9 Å². The lowest BCUT2D eigenvalue weighted by Gasteiger charge is -2.35. The maximum absolute atomic E-state index is 12.2. The van der Waals surface area contributed by atoms with Crippen molar-refractivity contribution in [3.63, 3.8) is 0 Å². The lowest BCUT2D eigenvalue weighted by molar-refractivity contribution is -0.766. The minimum Gasteiger partial charge on any atom is -0.285 e. The van der Waals surface area contributed by atoms with Crippen molar-refractivity contribution in [3.05, 3.63) is 41.0 Å². The van der Waals surface area contributed by atoms with Gasteiger partial charge in [0, 0.05) is 10.6 Å².